The number of nitrogens with one attached hydrogen (secondary N) is 1. The van der Waals surface area contributed by atoms with Gasteiger partial charge < -0.3 is 5.32 Å². The normalized spacial score (nSPS) is 11.2. The molecule has 1 aromatic heterocycles. The molecule has 6 heteroatoms. The summed E-state index contributed by atoms with van der Waals surface area (Å²) in [5, 5.41) is 3.51. The summed E-state index contributed by atoms with van der Waals surface area (Å²) in [5.74, 6) is -0.980. The summed E-state index contributed by atoms with van der Waals surface area (Å²) >= 11 is 7.25. The number of halogens is 2. The van der Waals surface area contributed by atoms with E-state index in [-0.39, 0.29) is 5.69 Å². The lowest BCUT2D eigenvalue weighted by atomic mass is 10.3. The summed E-state index contributed by atoms with van der Waals surface area (Å²) in [4.78, 5) is 16.2. The zero-order valence-corrected chi connectivity index (χ0v) is 12.8. The Morgan fingerprint density at radius 1 is 1.27 bits per heavy atom. The van der Waals surface area contributed by atoms with Gasteiger partial charge in [0.25, 0.3) is 0 Å². The highest BCUT2D eigenvalue weighted by molar-refractivity contribution is 7.19. The maximum absolute atomic E-state index is 13.5. The first-order chi connectivity index (χ1) is 10.6. The van der Waals surface area contributed by atoms with Crippen LogP contribution in [0.2, 0.25) is 5.02 Å². The van der Waals surface area contributed by atoms with E-state index in [4.69, 9.17) is 11.6 Å². The number of aromatic nitrogens is 1. The molecule has 2 aromatic carbocycles. The summed E-state index contributed by atoms with van der Waals surface area (Å²) in [7, 11) is 0. The third kappa shape index (κ3) is 3.32. The molecule has 1 amide bonds. The molecule has 1 N–H and O–H groups in total. The van der Waals surface area contributed by atoms with Gasteiger partial charge in [0.05, 0.1) is 15.9 Å². The van der Waals surface area contributed by atoms with E-state index < -0.39 is 11.7 Å². The number of carbonyl (C=O) groups excluding carboxylic acids is 1. The number of thiazole rings is 1. The predicted octanol–water partition coefficient (Wildman–Crippen LogP) is 4.74. The zero-order valence-electron chi connectivity index (χ0n) is 11.2. The van der Waals surface area contributed by atoms with Crippen molar-refractivity contribution in [3.8, 4) is 0 Å². The number of para-hydroxylation sites is 1. The fourth-order valence-electron chi connectivity index (χ4n) is 1.88. The van der Waals surface area contributed by atoms with Gasteiger partial charge in [0.1, 0.15) is 10.8 Å². The quantitative estimate of drug-likeness (QED) is 0.704. The molecule has 0 fully saturated rings. The van der Waals surface area contributed by atoms with Crippen molar-refractivity contribution in [3.05, 3.63) is 64.4 Å². The van der Waals surface area contributed by atoms with Gasteiger partial charge in [0.2, 0.25) is 5.91 Å². The monoisotopic (exact) mass is 332 g/mol. The molecule has 1 heterocycles. The highest BCUT2D eigenvalue weighted by atomic mass is 35.5. The molecule has 0 unspecified atom stereocenters. The zero-order chi connectivity index (χ0) is 15.5. The average molecular weight is 333 g/mol. The van der Waals surface area contributed by atoms with E-state index in [1.807, 2.05) is 24.3 Å². The Morgan fingerprint density at radius 2 is 2.09 bits per heavy atom. The van der Waals surface area contributed by atoms with Crippen molar-refractivity contribution in [2.24, 2.45) is 0 Å². The minimum absolute atomic E-state index is 0.0476. The van der Waals surface area contributed by atoms with E-state index >= 15 is 0 Å². The molecule has 0 saturated carbocycles. The number of hydrogen-bond donors (Lipinski definition) is 1. The van der Waals surface area contributed by atoms with Gasteiger partial charge in [-0.1, -0.05) is 23.7 Å². The van der Waals surface area contributed by atoms with Crippen LogP contribution in [0.1, 0.15) is 5.01 Å². The fraction of sp³-hybridized carbons (Fsp3) is 0. The maximum atomic E-state index is 13.5. The van der Waals surface area contributed by atoms with Crippen LogP contribution in [0.15, 0.2) is 48.5 Å². The Kier molecular flexibility index (Phi) is 4.18. The van der Waals surface area contributed by atoms with Gasteiger partial charge in [-0.3, -0.25) is 4.79 Å². The standard InChI is InChI=1S/C16H10ClFN2OS/c17-10-5-6-11(18)13(9-10)19-15(21)7-8-16-20-12-3-1-2-4-14(12)22-16/h1-9H,(H,19,21)/b8-7+. The van der Waals surface area contributed by atoms with Crippen LogP contribution in [0.4, 0.5) is 10.1 Å². The summed E-state index contributed by atoms with van der Waals surface area (Å²) in [6, 6.07) is 11.7. The van der Waals surface area contributed by atoms with Crippen molar-refractivity contribution in [3.63, 3.8) is 0 Å². The number of nitrogens with zero attached hydrogens (tertiary/aromatic N) is 1. The molecule has 110 valence electrons. The molecular formula is C16H10ClFN2OS. The lowest BCUT2D eigenvalue weighted by molar-refractivity contribution is -0.111. The number of fused-ring (bicyclic) bond motifs is 1. The van der Waals surface area contributed by atoms with Crippen LogP contribution in [-0.2, 0) is 4.79 Å². The van der Waals surface area contributed by atoms with Crippen LogP contribution in [-0.4, -0.2) is 10.9 Å². The predicted molar refractivity (Wildman–Crippen MR) is 88.7 cm³/mol. The molecule has 3 rings (SSSR count). The Hall–Kier alpha value is -2.24. The van der Waals surface area contributed by atoms with E-state index in [9.17, 15) is 9.18 Å². The average Bonchev–Trinajstić information content (AvgIpc) is 2.92. The first-order valence-corrected chi connectivity index (χ1v) is 7.61. The minimum Gasteiger partial charge on any atom is -0.320 e. The Bertz CT molecular complexity index is 842. The van der Waals surface area contributed by atoms with Gasteiger partial charge in [-0.2, -0.15) is 0 Å². The molecule has 0 bridgehead atoms. The van der Waals surface area contributed by atoms with Crippen LogP contribution in [0.3, 0.4) is 0 Å². The van der Waals surface area contributed by atoms with Gasteiger partial charge in [0, 0.05) is 11.1 Å². The molecule has 0 aliphatic carbocycles. The van der Waals surface area contributed by atoms with Crippen molar-refractivity contribution in [2.75, 3.05) is 5.32 Å². The van der Waals surface area contributed by atoms with Crippen LogP contribution < -0.4 is 5.32 Å². The maximum Gasteiger partial charge on any atom is 0.248 e. The SMILES string of the molecule is O=C(/C=C/c1nc2ccccc2s1)Nc1cc(Cl)ccc1F. The number of hydrogen-bond acceptors (Lipinski definition) is 3. The Morgan fingerprint density at radius 3 is 2.91 bits per heavy atom. The number of carbonyl (C=O) groups is 1. The molecule has 0 aliphatic heterocycles. The van der Waals surface area contributed by atoms with E-state index in [1.54, 1.807) is 6.08 Å². The molecule has 0 spiro atoms. The summed E-state index contributed by atoms with van der Waals surface area (Å²) in [6.45, 7) is 0. The lowest BCUT2D eigenvalue weighted by Crippen LogP contribution is -2.09. The highest BCUT2D eigenvalue weighted by Gasteiger charge is 2.06. The number of amides is 1. The molecule has 3 aromatic rings. The van der Waals surface area contributed by atoms with Crippen molar-refractivity contribution >= 4 is 50.8 Å². The Labute approximate surface area is 135 Å². The number of anilines is 1. The highest BCUT2D eigenvalue weighted by Crippen LogP contribution is 2.23. The van der Waals surface area contributed by atoms with E-state index in [0.717, 1.165) is 10.2 Å². The number of benzene rings is 2. The van der Waals surface area contributed by atoms with Crippen LogP contribution in [0, 0.1) is 5.82 Å². The lowest BCUT2D eigenvalue weighted by Gasteiger charge is -2.03. The molecular weight excluding hydrogens is 323 g/mol. The van der Waals surface area contributed by atoms with Crippen LogP contribution in [0.5, 0.6) is 0 Å². The van der Waals surface area contributed by atoms with Gasteiger partial charge in [-0.25, -0.2) is 9.37 Å². The van der Waals surface area contributed by atoms with Gasteiger partial charge in [0.15, 0.2) is 0 Å². The fourth-order valence-corrected chi connectivity index (χ4v) is 2.92. The molecule has 22 heavy (non-hydrogen) atoms. The second kappa shape index (κ2) is 6.25. The third-order valence-corrected chi connectivity index (χ3v) is 4.11. The van der Waals surface area contributed by atoms with Gasteiger partial charge in [-0.15, -0.1) is 11.3 Å². The van der Waals surface area contributed by atoms with E-state index in [2.05, 4.69) is 10.3 Å². The van der Waals surface area contributed by atoms with Crippen molar-refractivity contribution in [1.82, 2.24) is 4.98 Å². The van der Waals surface area contributed by atoms with Crippen LogP contribution in [0.25, 0.3) is 16.3 Å². The van der Waals surface area contributed by atoms with Crippen molar-refractivity contribution in [1.29, 1.82) is 0 Å². The molecule has 0 aliphatic rings. The topological polar surface area (TPSA) is 42.0 Å². The second-order valence-corrected chi connectivity index (χ2v) is 5.97. The van der Waals surface area contributed by atoms with Gasteiger partial charge >= 0.3 is 0 Å². The van der Waals surface area contributed by atoms with E-state index in [0.29, 0.717) is 10.0 Å². The minimum atomic E-state index is -0.536. The summed E-state index contributed by atoms with van der Waals surface area (Å²) in [5.41, 5.74) is 0.930. The van der Waals surface area contributed by atoms with Gasteiger partial charge in [-0.05, 0) is 36.4 Å². The number of rotatable bonds is 3. The molecule has 3 nitrogen and oxygen atoms in total. The smallest absolute Gasteiger partial charge is 0.248 e. The first kappa shape index (κ1) is 14.7. The Balaban J connectivity index is 1.74. The summed E-state index contributed by atoms with van der Waals surface area (Å²) < 4.78 is 14.6. The van der Waals surface area contributed by atoms with E-state index in [1.165, 1.54) is 35.6 Å². The largest absolute Gasteiger partial charge is 0.320 e. The molecule has 0 radical (unpaired) electrons. The first-order valence-electron chi connectivity index (χ1n) is 6.41. The molecule has 0 atom stereocenters. The molecule has 0 saturated heterocycles. The van der Waals surface area contributed by atoms with Crippen LogP contribution >= 0.6 is 22.9 Å². The van der Waals surface area contributed by atoms with Crippen molar-refractivity contribution < 1.29 is 9.18 Å². The summed E-state index contributed by atoms with van der Waals surface area (Å²) in [6.07, 6.45) is 2.92. The second-order valence-electron chi connectivity index (χ2n) is 4.47. The third-order valence-electron chi connectivity index (χ3n) is 2.87. The van der Waals surface area contributed by atoms with Crippen molar-refractivity contribution in [2.45, 2.75) is 0 Å².